The van der Waals surface area contributed by atoms with E-state index in [9.17, 15) is 9.59 Å². The van der Waals surface area contributed by atoms with Crippen LogP contribution in [-0.4, -0.2) is 18.5 Å². The van der Waals surface area contributed by atoms with Gasteiger partial charge < -0.3 is 14.8 Å². The van der Waals surface area contributed by atoms with Crippen molar-refractivity contribution in [3.63, 3.8) is 0 Å². The van der Waals surface area contributed by atoms with Gasteiger partial charge in [0.25, 0.3) is 5.91 Å². The number of benzene rings is 2. The molecule has 0 aromatic heterocycles. The molecule has 27 heavy (non-hydrogen) atoms. The van der Waals surface area contributed by atoms with Crippen LogP contribution in [0.4, 0.5) is 4.79 Å². The van der Waals surface area contributed by atoms with Crippen molar-refractivity contribution in [1.82, 2.24) is 10.6 Å². The van der Waals surface area contributed by atoms with Crippen molar-refractivity contribution in [2.24, 2.45) is 0 Å². The van der Waals surface area contributed by atoms with Crippen LogP contribution in [0.5, 0.6) is 11.5 Å². The molecule has 6 nitrogen and oxygen atoms in total. The number of hydrogen-bond donors (Lipinski definition) is 2. The quantitative estimate of drug-likeness (QED) is 0.584. The van der Waals surface area contributed by atoms with E-state index in [1.54, 1.807) is 12.1 Å². The Morgan fingerprint density at radius 2 is 1.93 bits per heavy atom. The van der Waals surface area contributed by atoms with E-state index in [1.807, 2.05) is 38.1 Å². The molecule has 0 atom stereocenters. The van der Waals surface area contributed by atoms with Gasteiger partial charge in [-0.15, -0.1) is 0 Å². The fourth-order valence-electron chi connectivity index (χ4n) is 2.68. The molecule has 140 valence electrons. The highest BCUT2D eigenvalue weighted by atomic mass is 35.5. The second-order valence-corrected chi connectivity index (χ2v) is 6.41. The maximum absolute atomic E-state index is 11.7. The van der Waals surface area contributed by atoms with Crippen LogP contribution in [0.15, 0.2) is 42.1 Å². The van der Waals surface area contributed by atoms with Crippen LogP contribution in [0.3, 0.4) is 0 Å². The number of hydrogen-bond acceptors (Lipinski definition) is 4. The number of amides is 3. The van der Waals surface area contributed by atoms with Gasteiger partial charge in [-0.25, -0.2) is 4.79 Å². The second-order valence-electron chi connectivity index (χ2n) is 6.01. The van der Waals surface area contributed by atoms with E-state index in [-0.39, 0.29) is 5.70 Å². The standard InChI is InChI=1S/C20H19ClN2O4/c1-3-26-17-10-14(9-16-19(24)23-20(25)22-16)8-15(21)18(17)27-11-13-6-4-5-12(2)7-13/h4-10H,3,11H2,1-2H3,(H2,22,23,24,25)/b16-9+. The Morgan fingerprint density at radius 1 is 1.11 bits per heavy atom. The number of carbonyl (C=O) groups is 2. The van der Waals surface area contributed by atoms with Crippen molar-refractivity contribution in [1.29, 1.82) is 0 Å². The molecule has 3 amide bonds. The van der Waals surface area contributed by atoms with E-state index in [2.05, 4.69) is 10.6 Å². The lowest BCUT2D eigenvalue weighted by molar-refractivity contribution is -0.115. The first kappa shape index (κ1) is 18.8. The summed E-state index contributed by atoms with van der Waals surface area (Å²) in [4.78, 5) is 22.9. The third-order valence-electron chi connectivity index (χ3n) is 3.83. The molecule has 0 saturated carbocycles. The number of carbonyl (C=O) groups excluding carboxylic acids is 2. The van der Waals surface area contributed by atoms with E-state index in [0.717, 1.165) is 11.1 Å². The van der Waals surface area contributed by atoms with Gasteiger partial charge in [0.15, 0.2) is 11.5 Å². The minimum Gasteiger partial charge on any atom is -0.490 e. The maximum Gasteiger partial charge on any atom is 0.326 e. The minimum atomic E-state index is -0.555. The monoisotopic (exact) mass is 386 g/mol. The fourth-order valence-corrected chi connectivity index (χ4v) is 2.95. The molecule has 1 aliphatic heterocycles. The molecule has 0 radical (unpaired) electrons. The average molecular weight is 387 g/mol. The summed E-state index contributed by atoms with van der Waals surface area (Å²) in [6.07, 6.45) is 1.53. The Bertz CT molecular complexity index is 924. The molecule has 1 aliphatic rings. The predicted molar refractivity (Wildman–Crippen MR) is 103 cm³/mol. The Morgan fingerprint density at radius 3 is 2.59 bits per heavy atom. The van der Waals surface area contributed by atoms with Crippen molar-refractivity contribution in [2.45, 2.75) is 20.5 Å². The summed E-state index contributed by atoms with van der Waals surface area (Å²) in [6, 6.07) is 10.8. The van der Waals surface area contributed by atoms with Crippen molar-refractivity contribution in [3.05, 3.63) is 63.8 Å². The second kappa shape index (κ2) is 8.14. The Kier molecular flexibility index (Phi) is 5.66. The van der Waals surface area contributed by atoms with E-state index in [1.165, 1.54) is 6.08 Å². The molecule has 2 N–H and O–H groups in total. The first-order valence-electron chi connectivity index (χ1n) is 8.45. The molecule has 0 aliphatic carbocycles. The average Bonchev–Trinajstić information content (AvgIpc) is 2.91. The van der Waals surface area contributed by atoms with E-state index in [4.69, 9.17) is 21.1 Å². The first-order chi connectivity index (χ1) is 13.0. The molecule has 2 aromatic carbocycles. The van der Waals surface area contributed by atoms with Gasteiger partial charge in [-0.3, -0.25) is 10.1 Å². The van der Waals surface area contributed by atoms with Crippen LogP contribution in [0.2, 0.25) is 5.02 Å². The largest absolute Gasteiger partial charge is 0.490 e. The molecule has 1 fully saturated rings. The number of nitrogens with one attached hydrogen (secondary N) is 2. The third-order valence-corrected chi connectivity index (χ3v) is 4.11. The lowest BCUT2D eigenvalue weighted by atomic mass is 10.1. The molecule has 0 unspecified atom stereocenters. The smallest absolute Gasteiger partial charge is 0.326 e. The Labute approximate surface area is 162 Å². The van der Waals surface area contributed by atoms with E-state index in [0.29, 0.717) is 35.3 Å². The SMILES string of the molecule is CCOc1cc(/C=C2/NC(=O)NC2=O)cc(Cl)c1OCc1cccc(C)c1. The van der Waals surface area contributed by atoms with Gasteiger partial charge >= 0.3 is 6.03 Å². The van der Waals surface area contributed by atoms with Gasteiger partial charge in [-0.05, 0) is 43.2 Å². The highest BCUT2D eigenvalue weighted by molar-refractivity contribution is 6.32. The van der Waals surface area contributed by atoms with Crippen LogP contribution >= 0.6 is 11.6 Å². The fraction of sp³-hybridized carbons (Fsp3) is 0.200. The van der Waals surface area contributed by atoms with E-state index >= 15 is 0 Å². The number of rotatable bonds is 6. The molecule has 7 heteroatoms. The zero-order chi connectivity index (χ0) is 19.4. The molecule has 2 aromatic rings. The van der Waals surface area contributed by atoms with Gasteiger partial charge in [0, 0.05) is 0 Å². The summed E-state index contributed by atoms with van der Waals surface area (Å²) >= 11 is 6.40. The van der Waals surface area contributed by atoms with Crippen molar-refractivity contribution in [3.8, 4) is 11.5 Å². The van der Waals surface area contributed by atoms with Gasteiger partial charge in [0.2, 0.25) is 0 Å². The first-order valence-corrected chi connectivity index (χ1v) is 8.82. The molecule has 3 rings (SSSR count). The molecule has 1 heterocycles. The van der Waals surface area contributed by atoms with Crippen LogP contribution < -0.4 is 20.1 Å². The van der Waals surface area contributed by atoms with Gasteiger partial charge in [-0.2, -0.15) is 0 Å². The molecule has 0 bridgehead atoms. The van der Waals surface area contributed by atoms with Gasteiger partial charge in [-0.1, -0.05) is 41.4 Å². The topological polar surface area (TPSA) is 76.7 Å². The minimum absolute atomic E-state index is 0.145. The zero-order valence-electron chi connectivity index (χ0n) is 15.0. The number of urea groups is 1. The summed E-state index contributed by atoms with van der Waals surface area (Å²) in [6.45, 7) is 4.64. The van der Waals surface area contributed by atoms with Crippen LogP contribution in [-0.2, 0) is 11.4 Å². The van der Waals surface area contributed by atoms with Crippen LogP contribution in [0, 0.1) is 6.92 Å². The zero-order valence-corrected chi connectivity index (χ0v) is 15.7. The third kappa shape index (κ3) is 4.60. The number of aryl methyl sites for hydroxylation is 1. The van der Waals surface area contributed by atoms with Gasteiger partial charge in [0.1, 0.15) is 12.3 Å². The maximum atomic E-state index is 11.7. The number of halogens is 1. The summed E-state index contributed by atoms with van der Waals surface area (Å²) in [5, 5.41) is 4.94. The van der Waals surface area contributed by atoms with Crippen LogP contribution in [0.1, 0.15) is 23.6 Å². The number of imide groups is 1. The molecule has 1 saturated heterocycles. The van der Waals surface area contributed by atoms with Crippen molar-refractivity contribution in [2.75, 3.05) is 6.61 Å². The van der Waals surface area contributed by atoms with Gasteiger partial charge in [0.05, 0.1) is 11.6 Å². The highest BCUT2D eigenvalue weighted by Gasteiger charge is 2.23. The molecular weight excluding hydrogens is 368 g/mol. The number of ether oxygens (including phenoxy) is 2. The Hall–Kier alpha value is -2.99. The summed E-state index contributed by atoms with van der Waals surface area (Å²) < 4.78 is 11.6. The molecular formula is C20H19ClN2O4. The van der Waals surface area contributed by atoms with Crippen molar-refractivity contribution < 1.29 is 19.1 Å². The summed E-state index contributed by atoms with van der Waals surface area (Å²) in [5.41, 5.74) is 2.92. The lowest BCUT2D eigenvalue weighted by Gasteiger charge is -2.15. The van der Waals surface area contributed by atoms with Crippen molar-refractivity contribution >= 4 is 29.6 Å². The molecule has 0 spiro atoms. The van der Waals surface area contributed by atoms with Crippen LogP contribution in [0.25, 0.3) is 6.08 Å². The summed E-state index contributed by atoms with van der Waals surface area (Å²) in [5.74, 6) is 0.408. The van der Waals surface area contributed by atoms with E-state index < -0.39 is 11.9 Å². The predicted octanol–water partition coefficient (Wildman–Crippen LogP) is 3.81. The Balaban J connectivity index is 1.87. The summed E-state index contributed by atoms with van der Waals surface area (Å²) in [7, 11) is 0. The highest BCUT2D eigenvalue weighted by Crippen LogP contribution is 2.38. The lowest BCUT2D eigenvalue weighted by Crippen LogP contribution is -2.22. The normalized spacial score (nSPS) is 14.9.